The molecule has 2 rings (SSSR count). The van der Waals surface area contributed by atoms with Crippen molar-refractivity contribution in [1.82, 2.24) is 10.6 Å². The number of carbonyl (C=O) groups excluding carboxylic acids is 1. The Labute approximate surface area is 134 Å². The molecule has 4 nitrogen and oxygen atoms in total. The number of esters is 1. The number of rotatable bonds is 4. The SMILES string of the molecule is CCOC(=O)C1=C(C(C)C)NC(=S)N[C@H]1c1ccc(F)cc1. The van der Waals surface area contributed by atoms with Gasteiger partial charge in [-0.15, -0.1) is 0 Å². The number of hydrogen-bond donors (Lipinski definition) is 2. The van der Waals surface area contributed by atoms with Crippen LogP contribution in [0.5, 0.6) is 0 Å². The van der Waals surface area contributed by atoms with Crippen LogP contribution in [0.3, 0.4) is 0 Å². The van der Waals surface area contributed by atoms with Crippen molar-refractivity contribution < 1.29 is 13.9 Å². The zero-order valence-electron chi connectivity index (χ0n) is 12.8. The van der Waals surface area contributed by atoms with Gasteiger partial charge in [-0.2, -0.15) is 0 Å². The van der Waals surface area contributed by atoms with Gasteiger partial charge in [-0.1, -0.05) is 26.0 Å². The fourth-order valence-corrected chi connectivity index (χ4v) is 2.61. The molecular weight excluding hydrogens is 303 g/mol. The van der Waals surface area contributed by atoms with E-state index in [2.05, 4.69) is 10.6 Å². The van der Waals surface area contributed by atoms with Crippen molar-refractivity contribution in [3.8, 4) is 0 Å². The number of allylic oxidation sites excluding steroid dienone is 1. The molecule has 0 fully saturated rings. The predicted molar refractivity (Wildman–Crippen MR) is 86.5 cm³/mol. The molecule has 0 bridgehead atoms. The van der Waals surface area contributed by atoms with E-state index in [-0.39, 0.29) is 18.3 Å². The lowest BCUT2D eigenvalue weighted by molar-refractivity contribution is -0.139. The number of hydrogen-bond acceptors (Lipinski definition) is 3. The first-order chi connectivity index (χ1) is 10.4. The second-order valence-corrected chi connectivity index (χ2v) is 5.69. The smallest absolute Gasteiger partial charge is 0.338 e. The molecule has 2 N–H and O–H groups in total. The summed E-state index contributed by atoms with van der Waals surface area (Å²) in [6.45, 7) is 5.98. The minimum absolute atomic E-state index is 0.0717. The van der Waals surface area contributed by atoms with Crippen LogP contribution in [0.25, 0.3) is 0 Å². The normalized spacial score (nSPS) is 18.0. The number of nitrogens with one attached hydrogen (secondary N) is 2. The molecular formula is C16H19FN2O2S. The van der Waals surface area contributed by atoms with Gasteiger partial charge in [-0.3, -0.25) is 0 Å². The highest BCUT2D eigenvalue weighted by atomic mass is 32.1. The third-order valence-electron chi connectivity index (χ3n) is 3.38. The van der Waals surface area contributed by atoms with Crippen LogP contribution in [0, 0.1) is 11.7 Å². The lowest BCUT2D eigenvalue weighted by atomic mass is 9.91. The first-order valence-electron chi connectivity index (χ1n) is 7.18. The number of carbonyl (C=O) groups is 1. The molecule has 1 atom stereocenters. The predicted octanol–water partition coefficient (Wildman–Crippen LogP) is 2.82. The van der Waals surface area contributed by atoms with Gasteiger partial charge in [0.15, 0.2) is 5.11 Å². The molecule has 1 heterocycles. The summed E-state index contributed by atoms with van der Waals surface area (Å²) in [6, 6.07) is 5.54. The van der Waals surface area contributed by atoms with Gasteiger partial charge in [-0.25, -0.2) is 9.18 Å². The molecule has 0 saturated carbocycles. The van der Waals surface area contributed by atoms with E-state index in [0.717, 1.165) is 11.3 Å². The Kier molecular flexibility index (Phi) is 5.13. The van der Waals surface area contributed by atoms with E-state index in [4.69, 9.17) is 17.0 Å². The second kappa shape index (κ2) is 6.87. The molecule has 0 aliphatic carbocycles. The van der Waals surface area contributed by atoms with E-state index < -0.39 is 12.0 Å². The summed E-state index contributed by atoms with van der Waals surface area (Å²) in [5, 5.41) is 6.54. The molecule has 0 amide bonds. The Morgan fingerprint density at radius 3 is 2.55 bits per heavy atom. The summed E-state index contributed by atoms with van der Waals surface area (Å²) < 4.78 is 18.3. The highest BCUT2D eigenvalue weighted by molar-refractivity contribution is 7.80. The van der Waals surface area contributed by atoms with Gasteiger partial charge in [0.2, 0.25) is 0 Å². The van der Waals surface area contributed by atoms with E-state index >= 15 is 0 Å². The standard InChI is InChI=1S/C16H19FN2O2S/c1-4-21-15(20)12-13(9(2)3)18-16(22)19-14(12)10-5-7-11(17)8-6-10/h5-9,14H,4H2,1-3H3,(H2,18,19,22)/t14-/m0/s1. The van der Waals surface area contributed by atoms with E-state index in [1.807, 2.05) is 13.8 Å². The monoisotopic (exact) mass is 322 g/mol. The molecule has 6 heteroatoms. The molecule has 0 unspecified atom stereocenters. The second-order valence-electron chi connectivity index (χ2n) is 5.29. The molecule has 22 heavy (non-hydrogen) atoms. The largest absolute Gasteiger partial charge is 0.463 e. The molecule has 1 aromatic rings. The van der Waals surface area contributed by atoms with Crippen molar-refractivity contribution in [1.29, 1.82) is 0 Å². The first-order valence-corrected chi connectivity index (χ1v) is 7.59. The van der Waals surface area contributed by atoms with Crippen LogP contribution >= 0.6 is 12.2 Å². The molecule has 1 aliphatic rings. The molecule has 1 aliphatic heterocycles. The van der Waals surface area contributed by atoms with Crippen molar-refractivity contribution in [3.63, 3.8) is 0 Å². The van der Waals surface area contributed by atoms with Crippen molar-refractivity contribution in [2.45, 2.75) is 26.8 Å². The zero-order valence-corrected chi connectivity index (χ0v) is 13.6. The quantitative estimate of drug-likeness (QED) is 0.659. The van der Waals surface area contributed by atoms with Crippen molar-refractivity contribution in [2.24, 2.45) is 5.92 Å². The molecule has 118 valence electrons. The highest BCUT2D eigenvalue weighted by Crippen LogP contribution is 2.30. The number of halogens is 1. The van der Waals surface area contributed by atoms with Crippen LogP contribution in [0.15, 0.2) is 35.5 Å². The Hall–Kier alpha value is -1.95. The molecule has 0 aromatic heterocycles. The summed E-state index contributed by atoms with van der Waals surface area (Å²) in [4.78, 5) is 12.4. The fourth-order valence-electron chi connectivity index (χ4n) is 2.38. The number of benzene rings is 1. The lowest BCUT2D eigenvalue weighted by Crippen LogP contribution is -2.47. The fraction of sp³-hybridized carbons (Fsp3) is 0.375. The van der Waals surface area contributed by atoms with E-state index in [0.29, 0.717) is 10.7 Å². The Bertz CT molecular complexity index is 611. The van der Waals surface area contributed by atoms with Gasteiger partial charge in [0.25, 0.3) is 0 Å². The summed E-state index contributed by atoms with van der Waals surface area (Å²) >= 11 is 5.23. The Balaban J connectivity index is 2.52. The minimum Gasteiger partial charge on any atom is -0.463 e. The van der Waals surface area contributed by atoms with E-state index in [1.165, 1.54) is 12.1 Å². The van der Waals surface area contributed by atoms with Gasteiger partial charge in [-0.05, 0) is 42.8 Å². The maximum absolute atomic E-state index is 13.1. The summed E-state index contributed by atoms with van der Waals surface area (Å²) in [5.74, 6) is -0.656. The van der Waals surface area contributed by atoms with E-state index in [1.54, 1.807) is 19.1 Å². The maximum Gasteiger partial charge on any atom is 0.338 e. The Morgan fingerprint density at radius 2 is 2.00 bits per heavy atom. The number of ether oxygens (including phenoxy) is 1. The topological polar surface area (TPSA) is 50.4 Å². The van der Waals surface area contributed by atoms with Gasteiger partial charge < -0.3 is 15.4 Å². The van der Waals surface area contributed by atoms with Crippen molar-refractivity contribution in [2.75, 3.05) is 6.61 Å². The van der Waals surface area contributed by atoms with Crippen molar-refractivity contribution >= 4 is 23.3 Å². The number of thiocarbonyl (C=S) groups is 1. The average molecular weight is 322 g/mol. The average Bonchev–Trinajstić information content (AvgIpc) is 2.47. The molecule has 0 spiro atoms. The van der Waals surface area contributed by atoms with Gasteiger partial charge in [0.05, 0.1) is 18.2 Å². The third kappa shape index (κ3) is 3.44. The molecule has 0 saturated heterocycles. The summed E-state index contributed by atoms with van der Waals surface area (Å²) in [7, 11) is 0. The van der Waals surface area contributed by atoms with E-state index in [9.17, 15) is 9.18 Å². The van der Waals surface area contributed by atoms with Gasteiger partial charge in [0, 0.05) is 5.70 Å². The summed E-state index contributed by atoms with van der Waals surface area (Å²) in [5.41, 5.74) is 1.97. The van der Waals surface area contributed by atoms with Crippen LogP contribution in [0.1, 0.15) is 32.4 Å². The lowest BCUT2D eigenvalue weighted by Gasteiger charge is -2.32. The van der Waals surface area contributed by atoms with Crippen LogP contribution < -0.4 is 10.6 Å². The van der Waals surface area contributed by atoms with Crippen molar-refractivity contribution in [3.05, 3.63) is 46.9 Å². The van der Waals surface area contributed by atoms with Gasteiger partial charge in [0.1, 0.15) is 5.82 Å². The first kappa shape index (κ1) is 16.4. The van der Waals surface area contributed by atoms with Crippen LogP contribution in [-0.4, -0.2) is 17.7 Å². The maximum atomic E-state index is 13.1. The highest BCUT2D eigenvalue weighted by Gasteiger charge is 2.33. The molecule has 0 radical (unpaired) electrons. The van der Waals surface area contributed by atoms with Gasteiger partial charge >= 0.3 is 5.97 Å². The van der Waals surface area contributed by atoms with Crippen LogP contribution in [0.4, 0.5) is 4.39 Å². The van der Waals surface area contributed by atoms with Crippen LogP contribution in [0.2, 0.25) is 0 Å². The Morgan fingerprint density at radius 1 is 1.36 bits per heavy atom. The zero-order chi connectivity index (χ0) is 16.3. The summed E-state index contributed by atoms with van der Waals surface area (Å²) in [6.07, 6.45) is 0. The minimum atomic E-state index is -0.453. The molecule has 1 aromatic carbocycles. The van der Waals surface area contributed by atoms with Crippen LogP contribution in [-0.2, 0) is 9.53 Å². The third-order valence-corrected chi connectivity index (χ3v) is 3.60.